The Labute approximate surface area is 62.4 Å². The van der Waals surface area contributed by atoms with Crippen LogP contribution in [0.1, 0.15) is 27.7 Å². The predicted octanol–water partition coefficient (Wildman–Crippen LogP) is 1.69. The average Bonchev–Trinajstić information content (AvgIpc) is 1.82. The van der Waals surface area contributed by atoms with Gasteiger partial charge in [-0.25, -0.2) is 0 Å². The van der Waals surface area contributed by atoms with E-state index in [0.717, 1.165) is 6.54 Å². The van der Waals surface area contributed by atoms with Crippen molar-refractivity contribution in [1.82, 2.24) is 0 Å². The van der Waals surface area contributed by atoms with Gasteiger partial charge in [-0.05, 0) is 12.8 Å². The highest BCUT2D eigenvalue weighted by atomic mass is 16.1. The molecule has 0 unspecified atom stereocenters. The lowest BCUT2D eigenvalue weighted by atomic mass is 10.2. The third-order valence-electron chi connectivity index (χ3n) is 1.20. The molecular weight excluding hydrogens is 126 g/mol. The molecule has 0 fully saturated rings. The van der Waals surface area contributed by atoms with Gasteiger partial charge in [0, 0.05) is 13.5 Å². The zero-order chi connectivity index (χ0) is 8.15. The molecule has 0 aromatic rings. The molecule has 0 aromatic carbocycles. The van der Waals surface area contributed by atoms with Crippen LogP contribution in [0.2, 0.25) is 0 Å². The molecule has 2 nitrogen and oxygen atoms in total. The minimum absolute atomic E-state index is 0.0700. The van der Waals surface area contributed by atoms with Gasteiger partial charge in [0.15, 0.2) is 5.78 Å². The molecule has 0 aliphatic carbocycles. The Kier molecular flexibility index (Phi) is 3.93. The lowest BCUT2D eigenvalue weighted by Crippen LogP contribution is -2.06. The van der Waals surface area contributed by atoms with Gasteiger partial charge in [0.25, 0.3) is 0 Å². The topological polar surface area (TPSA) is 29.4 Å². The molecule has 0 aromatic heterocycles. The quantitative estimate of drug-likeness (QED) is 0.550. The summed E-state index contributed by atoms with van der Waals surface area (Å²) in [5, 5.41) is 0. The van der Waals surface area contributed by atoms with Crippen LogP contribution in [0.3, 0.4) is 0 Å². The molecular formula is C8H15NO. The Morgan fingerprint density at radius 3 is 2.20 bits per heavy atom. The molecule has 0 N–H and O–H groups in total. The van der Waals surface area contributed by atoms with Gasteiger partial charge >= 0.3 is 0 Å². The zero-order valence-corrected chi connectivity index (χ0v) is 7.14. The summed E-state index contributed by atoms with van der Waals surface area (Å²) in [7, 11) is 0. The Morgan fingerprint density at radius 1 is 1.40 bits per heavy atom. The summed E-state index contributed by atoms with van der Waals surface area (Å²) >= 11 is 0. The van der Waals surface area contributed by atoms with Crippen molar-refractivity contribution >= 4 is 11.5 Å². The first-order valence-corrected chi connectivity index (χ1v) is 3.56. The maximum absolute atomic E-state index is 10.6. The first kappa shape index (κ1) is 9.34. The van der Waals surface area contributed by atoms with Gasteiger partial charge in [0.2, 0.25) is 0 Å². The number of carbonyl (C=O) groups excluding carboxylic acids is 1. The summed E-state index contributed by atoms with van der Waals surface area (Å²) in [4.78, 5) is 14.7. The van der Waals surface area contributed by atoms with Gasteiger partial charge in [0.1, 0.15) is 0 Å². The van der Waals surface area contributed by atoms with Crippen LogP contribution in [-0.2, 0) is 4.79 Å². The highest BCUT2D eigenvalue weighted by molar-refractivity contribution is 6.37. The molecule has 10 heavy (non-hydrogen) atoms. The van der Waals surface area contributed by atoms with Crippen LogP contribution in [0.25, 0.3) is 0 Å². The molecule has 0 aliphatic heterocycles. The Hall–Kier alpha value is -0.660. The van der Waals surface area contributed by atoms with E-state index in [1.165, 1.54) is 0 Å². The molecule has 0 saturated carbocycles. The van der Waals surface area contributed by atoms with Gasteiger partial charge in [-0.2, -0.15) is 0 Å². The summed E-state index contributed by atoms with van der Waals surface area (Å²) in [6.07, 6.45) is 0. The van der Waals surface area contributed by atoms with Crippen molar-refractivity contribution in [1.29, 1.82) is 0 Å². The summed E-state index contributed by atoms with van der Waals surface area (Å²) in [6, 6.07) is 0. The van der Waals surface area contributed by atoms with Gasteiger partial charge in [-0.3, -0.25) is 9.79 Å². The Balaban J connectivity index is 3.81. The lowest BCUT2D eigenvalue weighted by Gasteiger charge is -1.98. The molecule has 0 rings (SSSR count). The van der Waals surface area contributed by atoms with Gasteiger partial charge in [-0.15, -0.1) is 0 Å². The fourth-order valence-electron chi connectivity index (χ4n) is 0.431. The largest absolute Gasteiger partial charge is 0.293 e. The number of aliphatic imine (C=N–C) groups is 1. The maximum Gasteiger partial charge on any atom is 0.173 e. The van der Waals surface area contributed by atoms with E-state index < -0.39 is 0 Å². The van der Waals surface area contributed by atoms with Crippen LogP contribution in [0.5, 0.6) is 0 Å². The van der Waals surface area contributed by atoms with E-state index in [9.17, 15) is 4.79 Å². The zero-order valence-electron chi connectivity index (χ0n) is 7.14. The number of rotatable bonds is 3. The van der Waals surface area contributed by atoms with Gasteiger partial charge in [-0.1, -0.05) is 13.8 Å². The summed E-state index contributed by atoms with van der Waals surface area (Å²) < 4.78 is 0. The first-order valence-electron chi connectivity index (χ1n) is 3.56. The van der Waals surface area contributed by atoms with Crippen LogP contribution in [0.4, 0.5) is 0 Å². The molecule has 0 radical (unpaired) electrons. The van der Waals surface area contributed by atoms with E-state index >= 15 is 0 Å². The summed E-state index contributed by atoms with van der Waals surface area (Å²) in [5.41, 5.74) is 0.633. The second-order valence-corrected chi connectivity index (χ2v) is 2.88. The van der Waals surface area contributed by atoms with Crippen molar-refractivity contribution < 1.29 is 4.79 Å². The normalized spacial score (nSPS) is 12.3. The predicted molar refractivity (Wildman–Crippen MR) is 43.5 cm³/mol. The maximum atomic E-state index is 10.6. The SMILES string of the molecule is CC(=O)C(C)=NCC(C)C. The minimum atomic E-state index is 0.0700. The number of ketones is 1. The van der Waals surface area contributed by atoms with Crippen LogP contribution < -0.4 is 0 Å². The smallest absolute Gasteiger partial charge is 0.173 e. The lowest BCUT2D eigenvalue weighted by molar-refractivity contribution is -0.111. The molecule has 0 bridgehead atoms. The number of carbonyl (C=O) groups is 1. The second-order valence-electron chi connectivity index (χ2n) is 2.88. The van der Waals surface area contributed by atoms with E-state index in [-0.39, 0.29) is 5.78 Å². The molecule has 0 amide bonds. The van der Waals surface area contributed by atoms with Crippen molar-refractivity contribution in [3.63, 3.8) is 0 Å². The van der Waals surface area contributed by atoms with Crippen molar-refractivity contribution in [2.45, 2.75) is 27.7 Å². The molecule has 2 heteroatoms. The summed E-state index contributed by atoms with van der Waals surface area (Å²) in [6.45, 7) is 8.21. The molecule has 58 valence electrons. The van der Waals surface area contributed by atoms with Crippen LogP contribution in [-0.4, -0.2) is 18.0 Å². The van der Waals surface area contributed by atoms with Crippen molar-refractivity contribution in [3.05, 3.63) is 0 Å². The Morgan fingerprint density at radius 2 is 1.90 bits per heavy atom. The number of nitrogens with zero attached hydrogens (tertiary/aromatic N) is 1. The van der Waals surface area contributed by atoms with Gasteiger partial charge < -0.3 is 0 Å². The third-order valence-corrected chi connectivity index (χ3v) is 1.20. The molecule has 0 saturated heterocycles. The number of hydrogen-bond acceptors (Lipinski definition) is 2. The molecule has 0 atom stereocenters. The Bertz CT molecular complexity index is 147. The van der Waals surface area contributed by atoms with Crippen LogP contribution in [0.15, 0.2) is 4.99 Å². The molecule has 0 spiro atoms. The summed E-state index contributed by atoms with van der Waals surface area (Å²) in [5.74, 6) is 0.606. The average molecular weight is 141 g/mol. The first-order chi connectivity index (χ1) is 4.54. The number of Topliss-reactive ketones (excluding diaryl/α,β-unsaturated/α-hetero) is 1. The fourth-order valence-corrected chi connectivity index (χ4v) is 0.431. The van der Waals surface area contributed by atoms with E-state index in [2.05, 4.69) is 18.8 Å². The van der Waals surface area contributed by atoms with Crippen LogP contribution in [0, 0.1) is 5.92 Å². The van der Waals surface area contributed by atoms with E-state index in [1.54, 1.807) is 13.8 Å². The monoisotopic (exact) mass is 141 g/mol. The molecule has 0 heterocycles. The third kappa shape index (κ3) is 4.24. The van der Waals surface area contributed by atoms with Crippen molar-refractivity contribution in [3.8, 4) is 0 Å². The van der Waals surface area contributed by atoms with E-state index in [0.29, 0.717) is 11.6 Å². The standard InChI is InChI=1S/C8H15NO/c1-6(2)5-9-7(3)8(4)10/h6H,5H2,1-4H3. The van der Waals surface area contributed by atoms with Crippen molar-refractivity contribution in [2.75, 3.05) is 6.54 Å². The minimum Gasteiger partial charge on any atom is -0.293 e. The van der Waals surface area contributed by atoms with E-state index in [4.69, 9.17) is 0 Å². The fraction of sp³-hybridized carbons (Fsp3) is 0.750. The van der Waals surface area contributed by atoms with Crippen molar-refractivity contribution in [2.24, 2.45) is 10.9 Å². The highest BCUT2D eigenvalue weighted by Gasteiger charge is 1.97. The molecule has 0 aliphatic rings. The second kappa shape index (κ2) is 4.20. The highest BCUT2D eigenvalue weighted by Crippen LogP contribution is 1.92. The van der Waals surface area contributed by atoms with Crippen LogP contribution >= 0.6 is 0 Å². The van der Waals surface area contributed by atoms with E-state index in [1.807, 2.05) is 0 Å². The number of hydrogen-bond donors (Lipinski definition) is 0. The van der Waals surface area contributed by atoms with Gasteiger partial charge in [0.05, 0.1) is 5.71 Å².